The van der Waals surface area contributed by atoms with E-state index in [-0.39, 0.29) is 24.9 Å². The van der Waals surface area contributed by atoms with Crippen molar-refractivity contribution in [3.05, 3.63) is 0 Å². The van der Waals surface area contributed by atoms with E-state index in [4.69, 9.17) is 5.11 Å². The molecule has 0 aliphatic carbocycles. The number of urea groups is 1. The van der Waals surface area contributed by atoms with E-state index in [0.29, 0.717) is 38.5 Å². The second kappa shape index (κ2) is 7.28. The van der Waals surface area contributed by atoms with Gasteiger partial charge in [0.1, 0.15) is 6.54 Å². The van der Waals surface area contributed by atoms with Crippen molar-refractivity contribution < 1.29 is 19.5 Å². The number of aliphatic carboxylic acids is 1. The second-order valence-electron chi connectivity index (χ2n) is 5.77. The molecule has 0 atom stereocenters. The van der Waals surface area contributed by atoms with Gasteiger partial charge in [-0.1, -0.05) is 0 Å². The average Bonchev–Trinajstić information content (AvgIpc) is 2.69. The third-order valence-electron chi connectivity index (χ3n) is 4.18. The van der Waals surface area contributed by atoms with Crippen LogP contribution in [0.1, 0.15) is 32.1 Å². The summed E-state index contributed by atoms with van der Waals surface area (Å²) in [7, 11) is 0. The van der Waals surface area contributed by atoms with Gasteiger partial charge >= 0.3 is 12.0 Å². The normalized spacial score (nSPS) is 20.9. The second-order valence-corrected chi connectivity index (χ2v) is 5.77. The average molecular weight is 297 g/mol. The zero-order valence-corrected chi connectivity index (χ0v) is 12.2. The molecule has 2 fully saturated rings. The number of likely N-dealkylation sites (tertiary alicyclic amines) is 1. The summed E-state index contributed by atoms with van der Waals surface area (Å²) < 4.78 is 0. The van der Waals surface area contributed by atoms with Gasteiger partial charge in [0.25, 0.3) is 0 Å². The van der Waals surface area contributed by atoms with Gasteiger partial charge in [-0.25, -0.2) is 4.79 Å². The van der Waals surface area contributed by atoms with Gasteiger partial charge in [-0.2, -0.15) is 0 Å². The van der Waals surface area contributed by atoms with E-state index in [2.05, 4.69) is 5.32 Å². The highest BCUT2D eigenvalue weighted by atomic mass is 16.4. The summed E-state index contributed by atoms with van der Waals surface area (Å²) >= 11 is 0. The van der Waals surface area contributed by atoms with Crippen molar-refractivity contribution in [2.75, 3.05) is 32.7 Å². The number of nitrogens with zero attached hydrogens (tertiary/aromatic N) is 2. The van der Waals surface area contributed by atoms with E-state index in [9.17, 15) is 14.4 Å². The number of carboxylic acids is 1. The molecular formula is C14H23N3O4. The molecule has 0 aromatic heterocycles. The van der Waals surface area contributed by atoms with E-state index in [0.717, 1.165) is 19.3 Å². The fourth-order valence-electron chi connectivity index (χ4n) is 2.91. The number of piperidine rings is 1. The Hall–Kier alpha value is -1.79. The summed E-state index contributed by atoms with van der Waals surface area (Å²) in [6.07, 6.45) is 3.36. The van der Waals surface area contributed by atoms with Crippen molar-refractivity contribution in [2.24, 2.45) is 5.92 Å². The van der Waals surface area contributed by atoms with Crippen LogP contribution >= 0.6 is 0 Å². The quantitative estimate of drug-likeness (QED) is 0.794. The van der Waals surface area contributed by atoms with Crippen LogP contribution in [0, 0.1) is 5.92 Å². The van der Waals surface area contributed by atoms with Crippen LogP contribution in [-0.4, -0.2) is 65.5 Å². The summed E-state index contributed by atoms with van der Waals surface area (Å²) in [6, 6.07) is -0.0660. The van der Waals surface area contributed by atoms with Crippen molar-refractivity contribution in [1.82, 2.24) is 15.1 Å². The summed E-state index contributed by atoms with van der Waals surface area (Å²) in [6.45, 7) is 2.68. The minimum absolute atomic E-state index is 0.0660. The van der Waals surface area contributed by atoms with Crippen LogP contribution in [-0.2, 0) is 9.59 Å². The lowest BCUT2D eigenvalue weighted by Crippen LogP contribution is -2.48. The molecule has 7 nitrogen and oxygen atoms in total. The van der Waals surface area contributed by atoms with Gasteiger partial charge in [0.05, 0.1) is 0 Å². The largest absolute Gasteiger partial charge is 0.481 e. The Morgan fingerprint density at radius 3 is 2.57 bits per heavy atom. The molecule has 3 amide bonds. The fraction of sp³-hybridized carbons (Fsp3) is 0.786. The lowest BCUT2D eigenvalue weighted by Gasteiger charge is -2.35. The minimum atomic E-state index is -0.760. The van der Waals surface area contributed by atoms with Gasteiger partial charge in [-0.05, 0) is 31.6 Å². The molecule has 2 heterocycles. The molecule has 0 spiro atoms. The van der Waals surface area contributed by atoms with Gasteiger partial charge in [-0.3, -0.25) is 9.59 Å². The van der Waals surface area contributed by atoms with Crippen LogP contribution in [0.3, 0.4) is 0 Å². The maximum absolute atomic E-state index is 12.4. The summed E-state index contributed by atoms with van der Waals surface area (Å²) in [5, 5.41) is 11.5. The third kappa shape index (κ3) is 4.61. The number of carbonyl (C=O) groups excluding carboxylic acids is 2. The van der Waals surface area contributed by atoms with Crippen molar-refractivity contribution in [2.45, 2.75) is 32.1 Å². The van der Waals surface area contributed by atoms with Crippen LogP contribution in [0.25, 0.3) is 0 Å². The van der Waals surface area contributed by atoms with Crippen LogP contribution in [0.2, 0.25) is 0 Å². The first kappa shape index (κ1) is 15.6. The molecule has 118 valence electrons. The number of hydrogen-bond acceptors (Lipinski definition) is 3. The van der Waals surface area contributed by atoms with Crippen molar-refractivity contribution >= 4 is 17.9 Å². The van der Waals surface area contributed by atoms with E-state index in [1.54, 1.807) is 9.80 Å². The number of nitrogens with one attached hydrogen (secondary N) is 1. The number of carbonyl (C=O) groups is 3. The maximum atomic E-state index is 12.4. The van der Waals surface area contributed by atoms with Gasteiger partial charge < -0.3 is 20.2 Å². The monoisotopic (exact) mass is 297 g/mol. The third-order valence-corrected chi connectivity index (χ3v) is 4.18. The van der Waals surface area contributed by atoms with Crippen LogP contribution in [0.4, 0.5) is 4.79 Å². The molecule has 2 aliphatic rings. The highest BCUT2D eigenvalue weighted by Gasteiger charge is 2.28. The smallest absolute Gasteiger partial charge is 0.320 e. The first-order valence-corrected chi connectivity index (χ1v) is 7.58. The first-order chi connectivity index (χ1) is 10.1. The zero-order chi connectivity index (χ0) is 15.2. The molecule has 2 saturated heterocycles. The van der Waals surface area contributed by atoms with Crippen LogP contribution in [0.15, 0.2) is 0 Å². The molecule has 0 aromatic rings. The van der Waals surface area contributed by atoms with Gasteiger partial charge in [0.15, 0.2) is 0 Å². The van der Waals surface area contributed by atoms with Gasteiger partial charge in [0.2, 0.25) is 5.91 Å². The number of rotatable bonds is 3. The minimum Gasteiger partial charge on any atom is -0.481 e. The molecule has 2 aliphatic heterocycles. The van der Waals surface area contributed by atoms with E-state index >= 15 is 0 Å². The highest BCUT2D eigenvalue weighted by Crippen LogP contribution is 2.22. The topological polar surface area (TPSA) is 89.9 Å². The lowest BCUT2D eigenvalue weighted by atomic mass is 9.92. The Morgan fingerprint density at radius 1 is 1.19 bits per heavy atom. The van der Waals surface area contributed by atoms with E-state index < -0.39 is 5.97 Å². The maximum Gasteiger partial charge on any atom is 0.320 e. The Kier molecular flexibility index (Phi) is 5.41. The molecule has 2 N–H and O–H groups in total. The Balaban J connectivity index is 1.79. The molecule has 0 aromatic carbocycles. The lowest BCUT2D eigenvalue weighted by molar-refractivity contribution is -0.137. The molecule has 0 radical (unpaired) electrons. The zero-order valence-electron chi connectivity index (χ0n) is 12.2. The number of amides is 3. The first-order valence-electron chi connectivity index (χ1n) is 7.58. The SMILES string of the molecule is O=C(O)CCC1CCN(C(=O)N2CCCNC(=O)C2)CC1. The van der Waals surface area contributed by atoms with E-state index in [1.807, 2.05) is 0 Å². The van der Waals surface area contributed by atoms with Crippen LogP contribution in [0.5, 0.6) is 0 Å². The van der Waals surface area contributed by atoms with Crippen molar-refractivity contribution in [3.63, 3.8) is 0 Å². The molecule has 2 rings (SSSR count). The number of hydrogen-bond donors (Lipinski definition) is 2. The highest BCUT2D eigenvalue weighted by molar-refractivity contribution is 5.84. The van der Waals surface area contributed by atoms with Gasteiger partial charge in [0, 0.05) is 32.6 Å². The summed E-state index contributed by atoms with van der Waals surface area (Å²) in [5.74, 6) is -0.473. The molecular weight excluding hydrogens is 274 g/mol. The molecule has 21 heavy (non-hydrogen) atoms. The van der Waals surface area contributed by atoms with Gasteiger partial charge in [-0.15, -0.1) is 0 Å². The Bertz CT molecular complexity index is 405. The molecule has 0 unspecified atom stereocenters. The Morgan fingerprint density at radius 2 is 1.90 bits per heavy atom. The summed E-state index contributed by atoms with van der Waals surface area (Å²) in [4.78, 5) is 37.9. The van der Waals surface area contributed by atoms with Crippen molar-refractivity contribution in [1.29, 1.82) is 0 Å². The van der Waals surface area contributed by atoms with Crippen molar-refractivity contribution in [3.8, 4) is 0 Å². The summed E-state index contributed by atoms with van der Waals surface area (Å²) in [5.41, 5.74) is 0. The number of carboxylic acid groups (broad SMARTS) is 1. The predicted octanol–water partition coefficient (Wildman–Crippen LogP) is 0.505. The predicted molar refractivity (Wildman–Crippen MR) is 75.8 cm³/mol. The standard InChI is InChI=1S/C14H23N3O4/c18-12-10-17(7-1-6-15-12)14(21)16-8-4-11(5-9-16)2-3-13(19)20/h11H,1-10H2,(H,15,18)(H,19,20). The molecule has 7 heteroatoms. The molecule has 0 bridgehead atoms. The van der Waals surface area contributed by atoms with E-state index in [1.165, 1.54) is 0 Å². The fourth-order valence-corrected chi connectivity index (χ4v) is 2.91. The Labute approximate surface area is 124 Å². The van der Waals surface area contributed by atoms with Crippen LogP contribution < -0.4 is 5.32 Å². The molecule has 0 saturated carbocycles.